The summed E-state index contributed by atoms with van der Waals surface area (Å²) in [5, 5.41) is 4.05. The van der Waals surface area contributed by atoms with E-state index in [2.05, 4.69) is 19.2 Å². The zero-order valence-electron chi connectivity index (χ0n) is 11.0. The van der Waals surface area contributed by atoms with E-state index in [1.54, 1.807) is 6.07 Å². The van der Waals surface area contributed by atoms with Crippen molar-refractivity contribution in [3.63, 3.8) is 0 Å². The van der Waals surface area contributed by atoms with Crippen LogP contribution in [0.4, 0.5) is 5.69 Å². The molecule has 0 saturated heterocycles. The van der Waals surface area contributed by atoms with Gasteiger partial charge in [0.2, 0.25) is 0 Å². The van der Waals surface area contributed by atoms with Crippen LogP contribution in [0, 0.1) is 5.92 Å². The topological polar surface area (TPSA) is 38.0 Å². The lowest BCUT2D eigenvalue weighted by Crippen LogP contribution is -2.13. The number of unbranched alkanes of at least 4 members (excludes halogenated alkanes) is 1. The monoisotopic (exact) mass is 284 g/mol. The first kappa shape index (κ1) is 15.3. The van der Waals surface area contributed by atoms with Crippen molar-refractivity contribution < 1.29 is 0 Å². The van der Waals surface area contributed by atoms with Gasteiger partial charge in [-0.15, -0.1) is 0 Å². The first-order valence-electron chi connectivity index (χ1n) is 6.34. The molecular formula is C14H21ClN2S. The van der Waals surface area contributed by atoms with E-state index in [-0.39, 0.29) is 0 Å². The Kier molecular flexibility index (Phi) is 6.44. The molecule has 18 heavy (non-hydrogen) atoms. The van der Waals surface area contributed by atoms with Gasteiger partial charge in [-0.1, -0.05) is 50.5 Å². The normalized spacial score (nSPS) is 10.7. The molecule has 1 aromatic carbocycles. The summed E-state index contributed by atoms with van der Waals surface area (Å²) in [6.07, 6.45) is 3.63. The van der Waals surface area contributed by atoms with Gasteiger partial charge in [0.05, 0.1) is 0 Å². The molecule has 0 aliphatic carbocycles. The van der Waals surface area contributed by atoms with Crippen molar-refractivity contribution in [2.45, 2.75) is 33.1 Å². The van der Waals surface area contributed by atoms with Gasteiger partial charge >= 0.3 is 0 Å². The summed E-state index contributed by atoms with van der Waals surface area (Å²) in [4.78, 5) is 0.399. The second kappa shape index (κ2) is 7.59. The Morgan fingerprint density at radius 2 is 2.11 bits per heavy atom. The van der Waals surface area contributed by atoms with Crippen LogP contribution in [0.3, 0.4) is 0 Å². The number of nitrogens with two attached hydrogens (primary N) is 1. The quantitative estimate of drug-likeness (QED) is 0.582. The van der Waals surface area contributed by atoms with Gasteiger partial charge in [-0.05, 0) is 30.5 Å². The largest absolute Gasteiger partial charge is 0.389 e. The first-order valence-corrected chi connectivity index (χ1v) is 7.12. The van der Waals surface area contributed by atoms with E-state index in [1.807, 2.05) is 12.1 Å². The number of anilines is 1. The fourth-order valence-corrected chi connectivity index (χ4v) is 2.13. The zero-order valence-corrected chi connectivity index (χ0v) is 12.6. The number of nitrogens with one attached hydrogen (secondary N) is 1. The smallest absolute Gasteiger partial charge is 0.106 e. The number of benzene rings is 1. The summed E-state index contributed by atoms with van der Waals surface area (Å²) >= 11 is 11.0. The molecule has 0 spiro atoms. The molecule has 0 atom stereocenters. The van der Waals surface area contributed by atoms with Crippen LogP contribution < -0.4 is 11.1 Å². The highest BCUT2D eigenvalue weighted by molar-refractivity contribution is 7.80. The standard InChI is InChI=1S/C14H21ClN2S/c1-10(2)5-3-4-8-17-13-9-11(15)6-7-12(13)14(16)18/h6-7,9-10,17H,3-5,8H2,1-2H3,(H2,16,18). The molecule has 0 amide bonds. The lowest BCUT2D eigenvalue weighted by molar-refractivity contribution is 0.545. The molecule has 0 bridgehead atoms. The maximum Gasteiger partial charge on any atom is 0.106 e. The van der Waals surface area contributed by atoms with E-state index >= 15 is 0 Å². The molecular weight excluding hydrogens is 264 g/mol. The van der Waals surface area contributed by atoms with Crippen LogP contribution in [0.1, 0.15) is 38.7 Å². The van der Waals surface area contributed by atoms with Crippen LogP contribution in [-0.4, -0.2) is 11.5 Å². The highest BCUT2D eigenvalue weighted by atomic mass is 35.5. The summed E-state index contributed by atoms with van der Waals surface area (Å²) in [6, 6.07) is 5.54. The number of hydrogen-bond donors (Lipinski definition) is 2. The number of rotatable bonds is 7. The predicted molar refractivity (Wildman–Crippen MR) is 84.5 cm³/mol. The predicted octanol–water partition coefficient (Wildman–Crippen LogP) is 4.21. The molecule has 0 aliphatic rings. The summed E-state index contributed by atoms with van der Waals surface area (Å²) in [5.74, 6) is 0.767. The lowest BCUT2D eigenvalue weighted by Gasteiger charge is -2.12. The zero-order chi connectivity index (χ0) is 13.5. The molecule has 0 aliphatic heterocycles. The fraction of sp³-hybridized carbons (Fsp3) is 0.500. The van der Waals surface area contributed by atoms with Gasteiger partial charge in [-0.3, -0.25) is 0 Å². The fourth-order valence-electron chi connectivity index (χ4n) is 1.78. The molecule has 100 valence electrons. The van der Waals surface area contributed by atoms with Crippen molar-refractivity contribution in [2.75, 3.05) is 11.9 Å². The highest BCUT2D eigenvalue weighted by Gasteiger charge is 2.05. The summed E-state index contributed by atoms with van der Waals surface area (Å²) in [5.41, 5.74) is 7.47. The SMILES string of the molecule is CC(C)CCCCNc1cc(Cl)ccc1C(N)=S. The summed E-state index contributed by atoms with van der Waals surface area (Å²) in [6.45, 7) is 5.41. The van der Waals surface area contributed by atoms with Crippen LogP contribution in [0.5, 0.6) is 0 Å². The Hall–Kier alpha value is -0.800. The molecule has 4 heteroatoms. The highest BCUT2D eigenvalue weighted by Crippen LogP contribution is 2.21. The third kappa shape index (κ3) is 5.23. The molecule has 0 unspecified atom stereocenters. The van der Waals surface area contributed by atoms with Crippen LogP contribution in [0.2, 0.25) is 5.02 Å². The average Bonchev–Trinajstić information content (AvgIpc) is 2.27. The van der Waals surface area contributed by atoms with E-state index in [4.69, 9.17) is 29.6 Å². The Balaban J connectivity index is 2.50. The van der Waals surface area contributed by atoms with Gasteiger partial charge in [-0.25, -0.2) is 0 Å². The van der Waals surface area contributed by atoms with E-state index in [0.29, 0.717) is 10.0 Å². The molecule has 0 radical (unpaired) electrons. The van der Waals surface area contributed by atoms with Crippen molar-refractivity contribution >= 4 is 34.5 Å². The molecule has 2 nitrogen and oxygen atoms in total. The molecule has 0 saturated carbocycles. The van der Waals surface area contributed by atoms with Crippen molar-refractivity contribution in [3.8, 4) is 0 Å². The second-order valence-corrected chi connectivity index (χ2v) is 5.75. The van der Waals surface area contributed by atoms with Crippen LogP contribution >= 0.6 is 23.8 Å². The van der Waals surface area contributed by atoms with E-state index in [9.17, 15) is 0 Å². The minimum atomic E-state index is 0.399. The van der Waals surface area contributed by atoms with Gasteiger partial charge in [0, 0.05) is 22.8 Å². The molecule has 0 aromatic heterocycles. The number of thiocarbonyl (C=S) groups is 1. The van der Waals surface area contributed by atoms with Crippen molar-refractivity contribution in [3.05, 3.63) is 28.8 Å². The molecule has 1 rings (SSSR count). The number of halogens is 1. The van der Waals surface area contributed by atoms with Crippen molar-refractivity contribution in [1.29, 1.82) is 0 Å². The Morgan fingerprint density at radius 1 is 1.39 bits per heavy atom. The van der Waals surface area contributed by atoms with Crippen LogP contribution in [-0.2, 0) is 0 Å². The van der Waals surface area contributed by atoms with Gasteiger partial charge < -0.3 is 11.1 Å². The minimum Gasteiger partial charge on any atom is -0.389 e. The third-order valence-electron chi connectivity index (χ3n) is 2.77. The van der Waals surface area contributed by atoms with Gasteiger partial charge in [0.1, 0.15) is 4.99 Å². The van der Waals surface area contributed by atoms with Gasteiger partial charge in [-0.2, -0.15) is 0 Å². The first-order chi connectivity index (χ1) is 8.50. The van der Waals surface area contributed by atoms with Gasteiger partial charge in [0.15, 0.2) is 0 Å². The lowest BCUT2D eigenvalue weighted by atomic mass is 10.1. The average molecular weight is 285 g/mol. The second-order valence-electron chi connectivity index (χ2n) is 4.87. The number of hydrogen-bond acceptors (Lipinski definition) is 2. The molecule has 0 heterocycles. The van der Waals surface area contributed by atoms with Crippen molar-refractivity contribution in [2.24, 2.45) is 11.7 Å². The molecule has 1 aromatic rings. The van der Waals surface area contributed by atoms with Gasteiger partial charge in [0.25, 0.3) is 0 Å². The maximum atomic E-state index is 5.98. The minimum absolute atomic E-state index is 0.399. The molecule has 0 fully saturated rings. The van der Waals surface area contributed by atoms with E-state index in [0.717, 1.165) is 30.1 Å². The third-order valence-corrected chi connectivity index (χ3v) is 3.23. The van der Waals surface area contributed by atoms with E-state index < -0.39 is 0 Å². The van der Waals surface area contributed by atoms with Crippen LogP contribution in [0.15, 0.2) is 18.2 Å². The van der Waals surface area contributed by atoms with Crippen molar-refractivity contribution in [1.82, 2.24) is 0 Å². The molecule has 3 N–H and O–H groups in total. The van der Waals surface area contributed by atoms with E-state index in [1.165, 1.54) is 12.8 Å². The maximum absolute atomic E-state index is 5.98. The Morgan fingerprint density at radius 3 is 2.72 bits per heavy atom. The van der Waals surface area contributed by atoms with Crippen LogP contribution in [0.25, 0.3) is 0 Å². The Labute approximate surface area is 120 Å². The Bertz CT molecular complexity index is 405. The summed E-state index contributed by atoms with van der Waals surface area (Å²) in [7, 11) is 0. The summed E-state index contributed by atoms with van der Waals surface area (Å²) < 4.78 is 0.